The van der Waals surface area contributed by atoms with Gasteiger partial charge in [0, 0.05) is 31.2 Å². The number of unbranched alkanes of at least 4 members (excludes halogenated alkanes) is 2. The molecule has 0 saturated heterocycles. The molecule has 0 bridgehead atoms. The fraction of sp³-hybridized carbons (Fsp3) is 0.722. The van der Waals surface area contributed by atoms with E-state index < -0.39 is 0 Å². The molecule has 1 fully saturated rings. The summed E-state index contributed by atoms with van der Waals surface area (Å²) in [6.07, 6.45) is 14.1. The van der Waals surface area contributed by atoms with Crippen molar-refractivity contribution in [1.82, 2.24) is 10.2 Å². The van der Waals surface area contributed by atoms with Crippen molar-refractivity contribution < 1.29 is 14.4 Å². The number of amides is 3. The minimum atomic E-state index is -0.225. The average Bonchev–Trinajstić information content (AvgIpc) is 2.81. The van der Waals surface area contributed by atoms with E-state index in [0.29, 0.717) is 19.0 Å². The zero-order valence-electron chi connectivity index (χ0n) is 13.9. The second-order valence-corrected chi connectivity index (χ2v) is 6.58. The molecule has 0 spiro atoms. The van der Waals surface area contributed by atoms with Crippen LogP contribution in [0.5, 0.6) is 0 Å². The van der Waals surface area contributed by atoms with Crippen LogP contribution in [0, 0.1) is 0 Å². The summed E-state index contributed by atoms with van der Waals surface area (Å²) in [6, 6.07) is 0.355. The summed E-state index contributed by atoms with van der Waals surface area (Å²) in [6.45, 7) is 0.453. The standard InChI is InChI=1S/C18H28N2O3/c21-16(19-15-9-5-2-1-3-6-10-15)11-7-4-8-14-20-17(22)12-13-18(20)23/h12-13,15H,1-11,14H2,(H,19,21). The molecule has 2 rings (SSSR count). The maximum atomic E-state index is 12.0. The lowest BCUT2D eigenvalue weighted by molar-refractivity contribution is -0.137. The highest BCUT2D eigenvalue weighted by atomic mass is 16.2. The number of nitrogens with zero attached hydrogens (tertiary/aromatic N) is 1. The van der Waals surface area contributed by atoms with E-state index in [0.717, 1.165) is 32.1 Å². The molecule has 0 unspecified atom stereocenters. The second-order valence-electron chi connectivity index (χ2n) is 6.58. The third-order valence-electron chi connectivity index (χ3n) is 4.66. The quantitative estimate of drug-likeness (QED) is 0.579. The van der Waals surface area contributed by atoms with Crippen LogP contribution in [0.25, 0.3) is 0 Å². The number of imide groups is 1. The van der Waals surface area contributed by atoms with Crippen LogP contribution in [0.2, 0.25) is 0 Å². The van der Waals surface area contributed by atoms with Crippen LogP contribution in [-0.2, 0) is 14.4 Å². The molecule has 5 heteroatoms. The van der Waals surface area contributed by atoms with Crippen LogP contribution < -0.4 is 5.32 Å². The number of hydrogen-bond donors (Lipinski definition) is 1. The molecular formula is C18H28N2O3. The van der Waals surface area contributed by atoms with Gasteiger partial charge in [-0.1, -0.05) is 38.5 Å². The molecule has 1 heterocycles. The summed E-state index contributed by atoms with van der Waals surface area (Å²) in [4.78, 5) is 36.0. The zero-order chi connectivity index (χ0) is 16.5. The number of hydrogen-bond acceptors (Lipinski definition) is 3. The van der Waals surface area contributed by atoms with Gasteiger partial charge < -0.3 is 5.32 Å². The van der Waals surface area contributed by atoms with Gasteiger partial charge >= 0.3 is 0 Å². The topological polar surface area (TPSA) is 66.5 Å². The Hall–Kier alpha value is -1.65. The maximum Gasteiger partial charge on any atom is 0.253 e. The predicted molar refractivity (Wildman–Crippen MR) is 88.6 cm³/mol. The molecule has 1 aliphatic heterocycles. The molecular weight excluding hydrogens is 292 g/mol. The molecule has 1 N–H and O–H groups in total. The van der Waals surface area contributed by atoms with Crippen molar-refractivity contribution in [2.45, 2.75) is 76.7 Å². The Labute approximate surface area is 138 Å². The summed E-state index contributed by atoms with van der Waals surface area (Å²) >= 11 is 0. The van der Waals surface area contributed by atoms with Gasteiger partial charge in [0.15, 0.2) is 0 Å². The molecule has 0 aromatic carbocycles. The largest absolute Gasteiger partial charge is 0.353 e. The molecule has 128 valence electrons. The summed E-state index contributed by atoms with van der Waals surface area (Å²) in [5.74, 6) is -0.306. The molecule has 0 aromatic rings. The predicted octanol–water partition coefficient (Wildman–Crippen LogP) is 2.70. The Kier molecular flexibility index (Phi) is 7.30. The lowest BCUT2D eigenvalue weighted by Crippen LogP contribution is -2.35. The van der Waals surface area contributed by atoms with Crippen LogP contribution in [0.3, 0.4) is 0 Å². The minimum absolute atomic E-state index is 0.144. The second kappa shape index (κ2) is 9.48. The van der Waals surface area contributed by atoms with Crippen LogP contribution in [0.15, 0.2) is 12.2 Å². The number of rotatable bonds is 7. The Morgan fingerprint density at radius 1 is 0.957 bits per heavy atom. The molecule has 2 aliphatic rings. The Morgan fingerprint density at radius 2 is 1.57 bits per heavy atom. The fourth-order valence-corrected chi connectivity index (χ4v) is 3.28. The van der Waals surface area contributed by atoms with Crippen molar-refractivity contribution in [3.05, 3.63) is 12.2 Å². The van der Waals surface area contributed by atoms with Crippen LogP contribution in [0.4, 0.5) is 0 Å². The van der Waals surface area contributed by atoms with Crippen molar-refractivity contribution in [1.29, 1.82) is 0 Å². The first-order valence-electron chi connectivity index (χ1n) is 9.00. The summed E-state index contributed by atoms with van der Waals surface area (Å²) in [5, 5.41) is 3.17. The van der Waals surface area contributed by atoms with Gasteiger partial charge in [0.05, 0.1) is 0 Å². The van der Waals surface area contributed by atoms with E-state index >= 15 is 0 Å². The van der Waals surface area contributed by atoms with E-state index in [-0.39, 0.29) is 17.7 Å². The SMILES string of the molecule is O=C(CCCCCN1C(=O)C=CC1=O)NC1CCCCCCC1. The van der Waals surface area contributed by atoms with E-state index in [1.807, 2.05) is 0 Å². The molecule has 3 amide bonds. The molecule has 1 saturated carbocycles. The van der Waals surface area contributed by atoms with Crippen molar-refractivity contribution in [3.63, 3.8) is 0 Å². The highest BCUT2D eigenvalue weighted by Gasteiger charge is 2.22. The van der Waals surface area contributed by atoms with Gasteiger partial charge in [-0.25, -0.2) is 0 Å². The Bertz CT molecular complexity index is 433. The molecule has 0 radical (unpaired) electrons. The first-order valence-corrected chi connectivity index (χ1v) is 9.00. The van der Waals surface area contributed by atoms with E-state index in [4.69, 9.17) is 0 Å². The van der Waals surface area contributed by atoms with Crippen molar-refractivity contribution >= 4 is 17.7 Å². The highest BCUT2D eigenvalue weighted by Crippen LogP contribution is 2.17. The van der Waals surface area contributed by atoms with Gasteiger partial charge in [0.1, 0.15) is 0 Å². The zero-order valence-corrected chi connectivity index (χ0v) is 13.9. The monoisotopic (exact) mass is 320 g/mol. The third kappa shape index (κ3) is 6.16. The smallest absolute Gasteiger partial charge is 0.253 e. The first-order chi connectivity index (χ1) is 11.2. The Balaban J connectivity index is 1.54. The number of carbonyl (C=O) groups is 3. The summed E-state index contributed by atoms with van der Waals surface area (Å²) in [7, 11) is 0. The molecule has 1 aliphatic carbocycles. The van der Waals surface area contributed by atoms with E-state index in [2.05, 4.69) is 5.32 Å². The normalized spacial score (nSPS) is 19.7. The van der Waals surface area contributed by atoms with E-state index in [1.165, 1.54) is 49.2 Å². The number of nitrogens with one attached hydrogen (secondary N) is 1. The molecule has 5 nitrogen and oxygen atoms in total. The van der Waals surface area contributed by atoms with Gasteiger partial charge in [-0.3, -0.25) is 19.3 Å². The minimum Gasteiger partial charge on any atom is -0.353 e. The van der Waals surface area contributed by atoms with Crippen LogP contribution >= 0.6 is 0 Å². The van der Waals surface area contributed by atoms with Gasteiger partial charge in [0.2, 0.25) is 5.91 Å². The first kappa shape index (κ1) is 17.7. The average molecular weight is 320 g/mol. The summed E-state index contributed by atoms with van der Waals surface area (Å²) < 4.78 is 0. The van der Waals surface area contributed by atoms with Crippen LogP contribution in [-0.4, -0.2) is 35.2 Å². The van der Waals surface area contributed by atoms with Crippen LogP contribution in [0.1, 0.15) is 70.6 Å². The summed E-state index contributed by atoms with van der Waals surface area (Å²) in [5.41, 5.74) is 0. The van der Waals surface area contributed by atoms with Gasteiger partial charge in [0.25, 0.3) is 11.8 Å². The maximum absolute atomic E-state index is 12.0. The lowest BCUT2D eigenvalue weighted by Gasteiger charge is -2.21. The molecule has 23 heavy (non-hydrogen) atoms. The molecule has 0 atom stereocenters. The van der Waals surface area contributed by atoms with Crippen molar-refractivity contribution in [2.75, 3.05) is 6.54 Å². The van der Waals surface area contributed by atoms with Gasteiger partial charge in [-0.15, -0.1) is 0 Å². The molecule has 0 aromatic heterocycles. The lowest BCUT2D eigenvalue weighted by atomic mass is 9.96. The van der Waals surface area contributed by atoms with Crippen molar-refractivity contribution in [2.24, 2.45) is 0 Å². The van der Waals surface area contributed by atoms with Crippen molar-refractivity contribution in [3.8, 4) is 0 Å². The Morgan fingerprint density at radius 3 is 2.22 bits per heavy atom. The highest BCUT2D eigenvalue weighted by molar-refractivity contribution is 6.12. The number of carbonyl (C=O) groups excluding carboxylic acids is 3. The fourth-order valence-electron chi connectivity index (χ4n) is 3.28. The third-order valence-corrected chi connectivity index (χ3v) is 4.66. The van der Waals surface area contributed by atoms with Gasteiger partial charge in [-0.2, -0.15) is 0 Å². The van der Waals surface area contributed by atoms with E-state index in [9.17, 15) is 14.4 Å². The van der Waals surface area contributed by atoms with E-state index in [1.54, 1.807) is 0 Å². The van der Waals surface area contributed by atoms with Gasteiger partial charge in [-0.05, 0) is 25.7 Å².